The van der Waals surface area contributed by atoms with E-state index in [9.17, 15) is 4.79 Å². The lowest BCUT2D eigenvalue weighted by molar-refractivity contribution is -0.156. The number of carbonyl (C=O) groups excluding carboxylic acids is 1. The Hall–Kier alpha value is -0.530. The largest absolute Gasteiger partial charge is 0.463 e. The van der Waals surface area contributed by atoms with Crippen LogP contribution in [-0.2, 0) is 9.53 Å². The summed E-state index contributed by atoms with van der Waals surface area (Å²) in [5, 5.41) is 0. The molecular weight excluding hydrogens is 128 g/mol. The number of hydrogen-bond acceptors (Lipinski definition) is 2. The number of cyclic esters (lactones) is 1. The second-order valence-electron chi connectivity index (χ2n) is 3.68. The molecule has 0 N–H and O–H groups in total. The number of rotatable bonds is 0. The van der Waals surface area contributed by atoms with Gasteiger partial charge in [-0.05, 0) is 31.6 Å². The summed E-state index contributed by atoms with van der Waals surface area (Å²) in [5.74, 6) is 0.0104. The van der Waals surface area contributed by atoms with E-state index < -0.39 is 0 Å². The highest BCUT2D eigenvalue weighted by Gasteiger charge is 2.48. The molecule has 0 aromatic carbocycles. The van der Waals surface area contributed by atoms with Crippen molar-refractivity contribution in [3.63, 3.8) is 0 Å². The second kappa shape index (κ2) is 1.74. The standard InChI is InChI=1S/C8H12O2/c1-6-4-8(2-3-8)5-7(9)10-6/h6H,2-5H2,1H3/t6-/m0/s1. The van der Waals surface area contributed by atoms with Crippen molar-refractivity contribution in [1.82, 2.24) is 0 Å². The third-order valence-electron chi connectivity index (χ3n) is 2.53. The second-order valence-corrected chi connectivity index (χ2v) is 3.68. The Balaban J connectivity index is 2.07. The highest BCUT2D eigenvalue weighted by atomic mass is 16.5. The van der Waals surface area contributed by atoms with E-state index in [2.05, 4.69) is 0 Å². The molecule has 2 rings (SSSR count). The van der Waals surface area contributed by atoms with E-state index in [1.165, 1.54) is 12.8 Å². The summed E-state index contributed by atoms with van der Waals surface area (Å²) in [6.07, 6.45) is 4.43. The normalized spacial score (nSPS) is 35.7. The summed E-state index contributed by atoms with van der Waals surface area (Å²) in [4.78, 5) is 10.9. The zero-order valence-corrected chi connectivity index (χ0v) is 6.22. The first kappa shape index (κ1) is 6.20. The fraction of sp³-hybridized carbons (Fsp3) is 0.875. The maximum atomic E-state index is 10.9. The molecule has 1 atom stereocenters. The van der Waals surface area contributed by atoms with E-state index in [0.29, 0.717) is 11.8 Å². The van der Waals surface area contributed by atoms with Crippen LogP contribution < -0.4 is 0 Å². The summed E-state index contributed by atoms with van der Waals surface area (Å²) in [6, 6.07) is 0. The summed E-state index contributed by atoms with van der Waals surface area (Å²) >= 11 is 0. The van der Waals surface area contributed by atoms with Gasteiger partial charge in [0, 0.05) is 0 Å². The van der Waals surface area contributed by atoms with Crippen LogP contribution in [0.5, 0.6) is 0 Å². The molecule has 1 saturated heterocycles. The van der Waals surface area contributed by atoms with Crippen LogP contribution in [0.15, 0.2) is 0 Å². The summed E-state index contributed by atoms with van der Waals surface area (Å²) in [7, 11) is 0. The molecule has 0 amide bonds. The first-order chi connectivity index (χ1) is 4.70. The molecule has 0 unspecified atom stereocenters. The van der Waals surface area contributed by atoms with E-state index >= 15 is 0 Å². The lowest BCUT2D eigenvalue weighted by Gasteiger charge is -2.25. The van der Waals surface area contributed by atoms with Gasteiger partial charge >= 0.3 is 5.97 Å². The minimum atomic E-state index is 0.0104. The number of ether oxygens (including phenoxy) is 1. The van der Waals surface area contributed by atoms with Crippen LogP contribution in [-0.4, -0.2) is 12.1 Å². The molecule has 0 bridgehead atoms. The zero-order chi connectivity index (χ0) is 7.19. The van der Waals surface area contributed by atoms with Crippen molar-refractivity contribution in [3.8, 4) is 0 Å². The Bertz CT molecular complexity index is 170. The van der Waals surface area contributed by atoms with Crippen molar-refractivity contribution < 1.29 is 9.53 Å². The van der Waals surface area contributed by atoms with Gasteiger partial charge in [-0.15, -0.1) is 0 Å². The van der Waals surface area contributed by atoms with Gasteiger partial charge < -0.3 is 4.74 Å². The number of hydrogen-bond donors (Lipinski definition) is 0. The first-order valence-electron chi connectivity index (χ1n) is 3.90. The Morgan fingerprint density at radius 3 is 2.80 bits per heavy atom. The van der Waals surface area contributed by atoms with Gasteiger partial charge in [-0.1, -0.05) is 0 Å². The van der Waals surface area contributed by atoms with E-state index in [0.717, 1.165) is 6.42 Å². The minimum Gasteiger partial charge on any atom is -0.463 e. The van der Waals surface area contributed by atoms with Gasteiger partial charge in [-0.2, -0.15) is 0 Å². The monoisotopic (exact) mass is 140 g/mol. The lowest BCUT2D eigenvalue weighted by Crippen LogP contribution is -2.28. The minimum absolute atomic E-state index is 0.0104. The molecule has 0 radical (unpaired) electrons. The smallest absolute Gasteiger partial charge is 0.306 e. The van der Waals surface area contributed by atoms with Gasteiger partial charge in [0.2, 0.25) is 0 Å². The predicted molar refractivity (Wildman–Crippen MR) is 36.5 cm³/mol. The van der Waals surface area contributed by atoms with E-state index in [-0.39, 0.29) is 12.1 Å². The van der Waals surface area contributed by atoms with Crippen molar-refractivity contribution in [2.75, 3.05) is 0 Å². The van der Waals surface area contributed by atoms with Crippen molar-refractivity contribution in [1.29, 1.82) is 0 Å². The quantitative estimate of drug-likeness (QED) is 0.476. The number of esters is 1. The molecular formula is C8H12O2. The Morgan fingerprint density at radius 2 is 2.30 bits per heavy atom. The van der Waals surface area contributed by atoms with E-state index in [4.69, 9.17) is 4.74 Å². The summed E-state index contributed by atoms with van der Waals surface area (Å²) < 4.78 is 5.02. The third kappa shape index (κ3) is 0.917. The van der Waals surface area contributed by atoms with Crippen LogP contribution in [0.25, 0.3) is 0 Å². The van der Waals surface area contributed by atoms with Crippen LogP contribution in [0.3, 0.4) is 0 Å². The highest BCUT2D eigenvalue weighted by molar-refractivity contribution is 5.71. The van der Waals surface area contributed by atoms with E-state index in [1.54, 1.807) is 0 Å². The molecule has 1 aliphatic carbocycles. The Morgan fingerprint density at radius 1 is 1.60 bits per heavy atom. The summed E-state index contributed by atoms with van der Waals surface area (Å²) in [6.45, 7) is 1.98. The van der Waals surface area contributed by atoms with Gasteiger partial charge in [0.15, 0.2) is 0 Å². The first-order valence-corrected chi connectivity index (χ1v) is 3.90. The van der Waals surface area contributed by atoms with Gasteiger partial charge in [0.1, 0.15) is 0 Å². The van der Waals surface area contributed by atoms with Gasteiger partial charge in [-0.25, -0.2) is 0 Å². The van der Waals surface area contributed by atoms with Crippen molar-refractivity contribution in [2.24, 2.45) is 5.41 Å². The molecule has 1 saturated carbocycles. The molecule has 1 spiro atoms. The van der Waals surface area contributed by atoms with E-state index in [1.807, 2.05) is 6.92 Å². The molecule has 1 aliphatic heterocycles. The lowest BCUT2D eigenvalue weighted by atomic mass is 9.93. The topological polar surface area (TPSA) is 26.3 Å². The Labute approximate surface area is 60.6 Å². The molecule has 2 fully saturated rings. The van der Waals surface area contributed by atoms with Crippen molar-refractivity contribution in [3.05, 3.63) is 0 Å². The van der Waals surface area contributed by atoms with Crippen LogP contribution in [0.4, 0.5) is 0 Å². The molecule has 2 aliphatic rings. The average molecular weight is 140 g/mol. The molecule has 0 aromatic heterocycles. The van der Waals surface area contributed by atoms with Crippen LogP contribution in [0.2, 0.25) is 0 Å². The zero-order valence-electron chi connectivity index (χ0n) is 6.22. The number of carbonyl (C=O) groups is 1. The SMILES string of the molecule is C[C@H]1CC2(CC2)CC(=O)O1. The molecule has 2 heteroatoms. The highest BCUT2D eigenvalue weighted by Crippen LogP contribution is 2.54. The fourth-order valence-electron chi connectivity index (χ4n) is 1.85. The third-order valence-corrected chi connectivity index (χ3v) is 2.53. The molecule has 56 valence electrons. The molecule has 0 aromatic rings. The summed E-state index contributed by atoms with van der Waals surface area (Å²) in [5.41, 5.74) is 0.398. The molecule has 10 heavy (non-hydrogen) atoms. The maximum Gasteiger partial charge on any atom is 0.306 e. The molecule has 1 heterocycles. The van der Waals surface area contributed by atoms with Crippen LogP contribution in [0.1, 0.15) is 32.6 Å². The fourth-order valence-corrected chi connectivity index (χ4v) is 1.85. The average Bonchev–Trinajstić information content (AvgIpc) is 2.44. The van der Waals surface area contributed by atoms with Crippen molar-refractivity contribution >= 4 is 5.97 Å². The Kier molecular flexibility index (Phi) is 1.08. The van der Waals surface area contributed by atoms with Gasteiger partial charge in [-0.3, -0.25) is 4.79 Å². The molecule has 2 nitrogen and oxygen atoms in total. The predicted octanol–water partition coefficient (Wildman–Crippen LogP) is 1.49. The van der Waals surface area contributed by atoms with Gasteiger partial charge in [0.25, 0.3) is 0 Å². The maximum absolute atomic E-state index is 10.9. The van der Waals surface area contributed by atoms with Crippen LogP contribution >= 0.6 is 0 Å². The van der Waals surface area contributed by atoms with Crippen LogP contribution in [0, 0.1) is 5.41 Å². The van der Waals surface area contributed by atoms with Crippen molar-refractivity contribution in [2.45, 2.75) is 38.7 Å². The van der Waals surface area contributed by atoms with Gasteiger partial charge in [0.05, 0.1) is 12.5 Å².